The monoisotopic (exact) mass is 278 g/mol. The molecule has 0 saturated carbocycles. The summed E-state index contributed by atoms with van der Waals surface area (Å²) >= 11 is 0. The third-order valence-corrected chi connectivity index (χ3v) is 3.32. The van der Waals surface area contributed by atoms with Crippen LogP contribution in [0.2, 0.25) is 0 Å². The Balaban J connectivity index is 2.85. The molecular formula is C18H30O2. The summed E-state index contributed by atoms with van der Waals surface area (Å²) in [5, 5.41) is 0. The van der Waals surface area contributed by atoms with Crippen LogP contribution >= 0.6 is 0 Å². The SMILES string of the molecule is CCCCOc1ccc(C(C)(C)C)cc1OCCCC. The van der Waals surface area contributed by atoms with Crippen molar-refractivity contribution in [3.63, 3.8) is 0 Å². The van der Waals surface area contributed by atoms with E-state index < -0.39 is 0 Å². The zero-order valence-electron chi connectivity index (χ0n) is 13.8. The van der Waals surface area contributed by atoms with Gasteiger partial charge in [-0.25, -0.2) is 0 Å². The summed E-state index contributed by atoms with van der Waals surface area (Å²) in [5.41, 5.74) is 1.41. The van der Waals surface area contributed by atoms with Crippen LogP contribution < -0.4 is 9.47 Å². The van der Waals surface area contributed by atoms with Gasteiger partial charge in [0.2, 0.25) is 0 Å². The van der Waals surface area contributed by atoms with Crippen molar-refractivity contribution in [1.82, 2.24) is 0 Å². The first-order valence-corrected chi connectivity index (χ1v) is 7.89. The molecule has 1 aromatic rings. The van der Waals surface area contributed by atoms with Crippen molar-refractivity contribution in [2.24, 2.45) is 0 Å². The fourth-order valence-electron chi connectivity index (χ4n) is 1.86. The molecule has 0 amide bonds. The normalized spacial score (nSPS) is 11.4. The number of rotatable bonds is 8. The Labute approximate surface area is 124 Å². The molecule has 0 spiro atoms. The molecule has 0 atom stereocenters. The van der Waals surface area contributed by atoms with Crippen LogP contribution in [0.1, 0.15) is 65.9 Å². The maximum Gasteiger partial charge on any atom is 0.161 e. The second-order valence-electron chi connectivity index (χ2n) is 6.32. The first-order chi connectivity index (χ1) is 9.49. The number of benzene rings is 1. The van der Waals surface area contributed by atoms with Gasteiger partial charge in [0.25, 0.3) is 0 Å². The van der Waals surface area contributed by atoms with Gasteiger partial charge in [-0.3, -0.25) is 0 Å². The van der Waals surface area contributed by atoms with Crippen LogP contribution in [0.3, 0.4) is 0 Å². The highest BCUT2D eigenvalue weighted by molar-refractivity contribution is 5.44. The van der Waals surface area contributed by atoms with Crippen LogP contribution in [0.25, 0.3) is 0 Å². The predicted octanol–water partition coefficient (Wildman–Crippen LogP) is 5.34. The van der Waals surface area contributed by atoms with Crippen molar-refractivity contribution in [3.05, 3.63) is 23.8 Å². The predicted molar refractivity (Wildman–Crippen MR) is 85.9 cm³/mol. The van der Waals surface area contributed by atoms with Gasteiger partial charge in [0.05, 0.1) is 13.2 Å². The minimum atomic E-state index is 0.130. The molecule has 0 heterocycles. The van der Waals surface area contributed by atoms with Crippen molar-refractivity contribution in [2.45, 2.75) is 65.7 Å². The lowest BCUT2D eigenvalue weighted by atomic mass is 9.87. The Kier molecular flexibility index (Phi) is 6.90. The van der Waals surface area contributed by atoms with Crippen LogP contribution in [0.15, 0.2) is 18.2 Å². The molecule has 0 saturated heterocycles. The molecule has 2 heteroatoms. The summed E-state index contributed by atoms with van der Waals surface area (Å²) in [7, 11) is 0. The van der Waals surface area contributed by atoms with Gasteiger partial charge in [-0.1, -0.05) is 53.5 Å². The van der Waals surface area contributed by atoms with E-state index in [0.29, 0.717) is 0 Å². The summed E-state index contributed by atoms with van der Waals surface area (Å²) < 4.78 is 11.8. The molecule has 0 aromatic heterocycles. The number of hydrogen-bond donors (Lipinski definition) is 0. The largest absolute Gasteiger partial charge is 0.490 e. The van der Waals surface area contributed by atoms with Gasteiger partial charge < -0.3 is 9.47 Å². The van der Waals surface area contributed by atoms with E-state index in [-0.39, 0.29) is 5.41 Å². The first kappa shape index (κ1) is 16.9. The third kappa shape index (κ3) is 5.44. The summed E-state index contributed by atoms with van der Waals surface area (Å²) in [4.78, 5) is 0. The van der Waals surface area contributed by atoms with Gasteiger partial charge in [-0.2, -0.15) is 0 Å². The summed E-state index contributed by atoms with van der Waals surface area (Å²) in [5.74, 6) is 1.77. The first-order valence-electron chi connectivity index (χ1n) is 7.89. The van der Waals surface area contributed by atoms with Crippen molar-refractivity contribution in [2.75, 3.05) is 13.2 Å². The van der Waals surface area contributed by atoms with Crippen molar-refractivity contribution >= 4 is 0 Å². The zero-order chi connectivity index (χ0) is 15.0. The summed E-state index contributed by atoms with van der Waals surface area (Å²) in [6.07, 6.45) is 4.45. The summed E-state index contributed by atoms with van der Waals surface area (Å²) in [6, 6.07) is 6.34. The van der Waals surface area contributed by atoms with Crippen LogP contribution in [-0.4, -0.2) is 13.2 Å². The van der Waals surface area contributed by atoms with Gasteiger partial charge in [0.15, 0.2) is 11.5 Å². The van der Waals surface area contributed by atoms with Crippen LogP contribution in [0.5, 0.6) is 11.5 Å². The molecule has 114 valence electrons. The van der Waals surface area contributed by atoms with E-state index in [1.165, 1.54) is 5.56 Å². The minimum Gasteiger partial charge on any atom is -0.490 e. The van der Waals surface area contributed by atoms with Crippen molar-refractivity contribution in [1.29, 1.82) is 0 Å². The van der Waals surface area contributed by atoms with E-state index in [2.05, 4.69) is 52.8 Å². The Morgan fingerprint density at radius 2 is 1.40 bits per heavy atom. The molecule has 0 aliphatic rings. The molecule has 1 rings (SSSR count). The van der Waals surface area contributed by atoms with E-state index in [0.717, 1.165) is 50.4 Å². The maximum absolute atomic E-state index is 5.92. The topological polar surface area (TPSA) is 18.5 Å². The van der Waals surface area contributed by atoms with Crippen LogP contribution in [-0.2, 0) is 5.41 Å². The van der Waals surface area contributed by atoms with E-state index in [4.69, 9.17) is 9.47 Å². The average molecular weight is 278 g/mol. The number of unbranched alkanes of at least 4 members (excludes halogenated alkanes) is 2. The average Bonchev–Trinajstić information content (AvgIpc) is 2.39. The molecule has 2 nitrogen and oxygen atoms in total. The molecular weight excluding hydrogens is 248 g/mol. The molecule has 1 aromatic carbocycles. The van der Waals surface area contributed by atoms with E-state index in [9.17, 15) is 0 Å². The van der Waals surface area contributed by atoms with Gasteiger partial charge in [0, 0.05) is 0 Å². The molecule has 0 aliphatic heterocycles. The Bertz CT molecular complexity index is 391. The van der Waals surface area contributed by atoms with Crippen LogP contribution in [0, 0.1) is 0 Å². The Hall–Kier alpha value is -1.18. The standard InChI is InChI=1S/C18H30O2/c1-6-8-12-19-16-11-10-15(18(3,4)5)14-17(16)20-13-9-7-2/h10-11,14H,6-9,12-13H2,1-5H3. The second-order valence-corrected chi connectivity index (χ2v) is 6.32. The van der Waals surface area contributed by atoms with Crippen molar-refractivity contribution in [3.8, 4) is 11.5 Å². The fraction of sp³-hybridized carbons (Fsp3) is 0.667. The lowest BCUT2D eigenvalue weighted by Crippen LogP contribution is -2.12. The van der Waals surface area contributed by atoms with E-state index in [1.807, 2.05) is 0 Å². The Morgan fingerprint density at radius 1 is 0.850 bits per heavy atom. The van der Waals surface area contributed by atoms with Crippen LogP contribution in [0.4, 0.5) is 0 Å². The number of ether oxygens (including phenoxy) is 2. The van der Waals surface area contributed by atoms with Gasteiger partial charge >= 0.3 is 0 Å². The highest BCUT2D eigenvalue weighted by Crippen LogP contribution is 2.33. The fourth-order valence-corrected chi connectivity index (χ4v) is 1.86. The maximum atomic E-state index is 5.92. The highest BCUT2D eigenvalue weighted by atomic mass is 16.5. The molecule has 0 unspecified atom stereocenters. The molecule has 0 radical (unpaired) electrons. The van der Waals surface area contributed by atoms with E-state index >= 15 is 0 Å². The second kappa shape index (κ2) is 8.18. The highest BCUT2D eigenvalue weighted by Gasteiger charge is 2.16. The lowest BCUT2D eigenvalue weighted by Gasteiger charge is -2.21. The smallest absolute Gasteiger partial charge is 0.161 e. The lowest BCUT2D eigenvalue weighted by molar-refractivity contribution is 0.261. The van der Waals surface area contributed by atoms with Crippen molar-refractivity contribution < 1.29 is 9.47 Å². The third-order valence-electron chi connectivity index (χ3n) is 3.32. The minimum absolute atomic E-state index is 0.130. The number of hydrogen-bond acceptors (Lipinski definition) is 2. The molecule has 20 heavy (non-hydrogen) atoms. The summed E-state index contributed by atoms with van der Waals surface area (Å²) in [6.45, 7) is 12.5. The molecule has 0 aliphatic carbocycles. The van der Waals surface area contributed by atoms with Gasteiger partial charge in [-0.05, 0) is 36.0 Å². The molecule has 0 bridgehead atoms. The van der Waals surface area contributed by atoms with Gasteiger partial charge in [0.1, 0.15) is 0 Å². The molecule has 0 N–H and O–H groups in total. The molecule has 0 fully saturated rings. The van der Waals surface area contributed by atoms with Gasteiger partial charge in [-0.15, -0.1) is 0 Å². The van der Waals surface area contributed by atoms with E-state index in [1.54, 1.807) is 0 Å². The zero-order valence-corrected chi connectivity index (χ0v) is 13.8. The Morgan fingerprint density at radius 3 is 1.90 bits per heavy atom. The quantitative estimate of drug-likeness (QED) is 0.597.